The normalized spacial score (nSPS) is 18.6. The topological polar surface area (TPSA) is 73.9 Å². The number of nitrogens with two attached hydrogens (primary N) is 1. The van der Waals surface area contributed by atoms with E-state index in [-0.39, 0.29) is 5.41 Å². The summed E-state index contributed by atoms with van der Waals surface area (Å²) in [6.07, 6.45) is 4.24. The monoisotopic (exact) mass is 256 g/mol. The van der Waals surface area contributed by atoms with Crippen molar-refractivity contribution in [2.75, 3.05) is 26.7 Å². The van der Waals surface area contributed by atoms with Crippen molar-refractivity contribution in [2.24, 2.45) is 16.3 Å². The Kier molecular flexibility index (Phi) is 5.88. The summed E-state index contributed by atoms with van der Waals surface area (Å²) in [6.45, 7) is 7.56. The SMILES string of the molecule is CC(C)N(C)CCCNCC1(CC(N)=NO)CC1. The Labute approximate surface area is 110 Å². The van der Waals surface area contributed by atoms with Crippen molar-refractivity contribution >= 4 is 5.84 Å². The zero-order valence-corrected chi connectivity index (χ0v) is 11.9. The summed E-state index contributed by atoms with van der Waals surface area (Å²) in [4.78, 5) is 2.35. The van der Waals surface area contributed by atoms with Gasteiger partial charge in [-0.1, -0.05) is 5.16 Å². The Bertz CT molecular complexity index is 274. The molecule has 0 aliphatic heterocycles. The van der Waals surface area contributed by atoms with Gasteiger partial charge in [-0.15, -0.1) is 0 Å². The number of nitrogens with one attached hydrogen (secondary N) is 1. The molecular weight excluding hydrogens is 228 g/mol. The molecule has 0 spiro atoms. The molecule has 0 amide bonds. The third-order valence-electron chi connectivity index (χ3n) is 3.89. The van der Waals surface area contributed by atoms with Crippen LogP contribution in [0, 0.1) is 5.41 Å². The molecule has 0 atom stereocenters. The predicted octanol–water partition coefficient (Wildman–Crippen LogP) is 1.22. The lowest BCUT2D eigenvalue weighted by Gasteiger charge is -2.21. The van der Waals surface area contributed by atoms with E-state index < -0.39 is 0 Å². The Morgan fingerprint density at radius 2 is 2.17 bits per heavy atom. The van der Waals surface area contributed by atoms with Crippen LogP contribution in [0.25, 0.3) is 0 Å². The predicted molar refractivity (Wildman–Crippen MR) is 74.9 cm³/mol. The number of oxime groups is 1. The van der Waals surface area contributed by atoms with Crippen molar-refractivity contribution in [3.63, 3.8) is 0 Å². The lowest BCUT2D eigenvalue weighted by atomic mass is 10.0. The van der Waals surface area contributed by atoms with Crippen molar-refractivity contribution in [1.82, 2.24) is 10.2 Å². The molecule has 5 heteroatoms. The summed E-state index contributed by atoms with van der Waals surface area (Å²) in [7, 11) is 2.16. The first-order valence-corrected chi connectivity index (χ1v) is 6.86. The number of amidine groups is 1. The van der Waals surface area contributed by atoms with Crippen LogP contribution in [0.5, 0.6) is 0 Å². The van der Waals surface area contributed by atoms with Crippen LogP contribution >= 0.6 is 0 Å². The van der Waals surface area contributed by atoms with Gasteiger partial charge < -0.3 is 21.2 Å². The Hall–Kier alpha value is -0.810. The van der Waals surface area contributed by atoms with Gasteiger partial charge in [0.1, 0.15) is 5.84 Å². The van der Waals surface area contributed by atoms with Gasteiger partial charge in [0.25, 0.3) is 0 Å². The first-order valence-electron chi connectivity index (χ1n) is 6.86. The first kappa shape index (κ1) is 15.2. The van der Waals surface area contributed by atoms with E-state index in [0.29, 0.717) is 18.3 Å². The zero-order chi connectivity index (χ0) is 13.6. The van der Waals surface area contributed by atoms with Gasteiger partial charge in [0, 0.05) is 19.0 Å². The Morgan fingerprint density at radius 3 is 2.67 bits per heavy atom. The van der Waals surface area contributed by atoms with Gasteiger partial charge in [0.2, 0.25) is 0 Å². The molecule has 106 valence electrons. The van der Waals surface area contributed by atoms with Crippen LogP contribution in [0.2, 0.25) is 0 Å². The largest absolute Gasteiger partial charge is 0.409 e. The average Bonchev–Trinajstić information content (AvgIpc) is 3.08. The fourth-order valence-corrected chi connectivity index (χ4v) is 2.08. The van der Waals surface area contributed by atoms with E-state index in [9.17, 15) is 0 Å². The third kappa shape index (κ3) is 5.23. The molecule has 0 unspecified atom stereocenters. The number of rotatable bonds is 9. The lowest BCUT2D eigenvalue weighted by molar-refractivity contribution is 0.268. The Morgan fingerprint density at radius 1 is 1.50 bits per heavy atom. The van der Waals surface area contributed by atoms with Crippen LogP contribution in [0.15, 0.2) is 5.16 Å². The van der Waals surface area contributed by atoms with Gasteiger partial charge >= 0.3 is 0 Å². The molecule has 0 aromatic heterocycles. The molecule has 1 aliphatic rings. The molecule has 0 aromatic carbocycles. The van der Waals surface area contributed by atoms with Crippen LogP contribution in [-0.2, 0) is 0 Å². The summed E-state index contributed by atoms with van der Waals surface area (Å²) >= 11 is 0. The number of hydrogen-bond acceptors (Lipinski definition) is 4. The highest BCUT2D eigenvalue weighted by molar-refractivity contribution is 5.80. The quantitative estimate of drug-likeness (QED) is 0.191. The molecule has 1 aliphatic carbocycles. The molecule has 0 heterocycles. The standard InChI is InChI=1S/C13H28N4O/c1-11(2)17(3)8-4-7-15-10-13(5-6-13)9-12(14)16-18/h11,15,18H,4-10H2,1-3H3,(H2,14,16). The van der Waals surface area contributed by atoms with Crippen molar-refractivity contribution in [2.45, 2.75) is 45.6 Å². The average molecular weight is 256 g/mol. The maximum Gasteiger partial charge on any atom is 0.139 e. The maximum atomic E-state index is 8.59. The molecule has 5 nitrogen and oxygen atoms in total. The number of nitrogens with zero attached hydrogens (tertiary/aromatic N) is 2. The van der Waals surface area contributed by atoms with E-state index in [1.807, 2.05) is 0 Å². The minimum absolute atomic E-state index is 0.264. The number of hydrogen-bond donors (Lipinski definition) is 3. The van der Waals surface area contributed by atoms with Gasteiger partial charge in [-0.05, 0) is 58.7 Å². The summed E-state index contributed by atoms with van der Waals surface area (Å²) in [6, 6.07) is 0.611. The maximum absolute atomic E-state index is 8.59. The second-order valence-corrected chi connectivity index (χ2v) is 5.87. The zero-order valence-electron chi connectivity index (χ0n) is 11.9. The molecule has 1 saturated carbocycles. The minimum atomic E-state index is 0.264. The molecule has 4 N–H and O–H groups in total. The highest BCUT2D eigenvalue weighted by atomic mass is 16.4. The van der Waals surface area contributed by atoms with Crippen LogP contribution in [0.4, 0.5) is 0 Å². The van der Waals surface area contributed by atoms with Gasteiger partial charge in [0.05, 0.1) is 0 Å². The van der Waals surface area contributed by atoms with Gasteiger partial charge in [-0.2, -0.15) is 0 Å². The van der Waals surface area contributed by atoms with Crippen LogP contribution in [-0.4, -0.2) is 48.7 Å². The van der Waals surface area contributed by atoms with E-state index >= 15 is 0 Å². The lowest BCUT2D eigenvalue weighted by Crippen LogP contribution is -2.32. The fraction of sp³-hybridized carbons (Fsp3) is 0.923. The van der Waals surface area contributed by atoms with Crippen molar-refractivity contribution < 1.29 is 5.21 Å². The Balaban J connectivity index is 2.08. The summed E-state index contributed by atoms with van der Waals surface area (Å²) in [5.74, 6) is 0.355. The molecule has 0 saturated heterocycles. The molecule has 18 heavy (non-hydrogen) atoms. The summed E-state index contributed by atoms with van der Waals surface area (Å²) in [5.41, 5.74) is 5.83. The van der Waals surface area contributed by atoms with E-state index in [0.717, 1.165) is 26.1 Å². The third-order valence-corrected chi connectivity index (χ3v) is 3.89. The van der Waals surface area contributed by atoms with Gasteiger partial charge in [-0.25, -0.2) is 0 Å². The summed E-state index contributed by atoms with van der Waals surface area (Å²) < 4.78 is 0. The second kappa shape index (κ2) is 6.95. The molecule has 1 rings (SSSR count). The summed E-state index contributed by atoms with van der Waals surface area (Å²) in [5, 5.41) is 15.1. The molecule has 0 aromatic rings. The smallest absolute Gasteiger partial charge is 0.139 e. The molecule has 0 radical (unpaired) electrons. The van der Waals surface area contributed by atoms with Crippen LogP contribution in [0.1, 0.15) is 39.5 Å². The van der Waals surface area contributed by atoms with E-state index in [1.165, 1.54) is 12.8 Å². The first-order chi connectivity index (χ1) is 8.49. The minimum Gasteiger partial charge on any atom is -0.409 e. The second-order valence-electron chi connectivity index (χ2n) is 5.87. The highest BCUT2D eigenvalue weighted by Gasteiger charge is 2.42. The highest BCUT2D eigenvalue weighted by Crippen LogP contribution is 2.48. The van der Waals surface area contributed by atoms with Crippen molar-refractivity contribution in [1.29, 1.82) is 0 Å². The van der Waals surface area contributed by atoms with E-state index in [1.54, 1.807) is 0 Å². The van der Waals surface area contributed by atoms with E-state index in [4.69, 9.17) is 10.9 Å². The molecule has 0 bridgehead atoms. The fourth-order valence-electron chi connectivity index (χ4n) is 2.08. The molecular formula is C13H28N4O. The van der Waals surface area contributed by atoms with Gasteiger partial charge in [-0.3, -0.25) is 0 Å². The van der Waals surface area contributed by atoms with Crippen molar-refractivity contribution in [3.8, 4) is 0 Å². The van der Waals surface area contributed by atoms with Crippen LogP contribution < -0.4 is 11.1 Å². The van der Waals surface area contributed by atoms with Crippen LogP contribution in [0.3, 0.4) is 0 Å². The van der Waals surface area contributed by atoms with Crippen molar-refractivity contribution in [3.05, 3.63) is 0 Å². The van der Waals surface area contributed by atoms with Gasteiger partial charge in [0.15, 0.2) is 0 Å². The molecule has 1 fully saturated rings. The van der Waals surface area contributed by atoms with E-state index in [2.05, 4.69) is 36.3 Å².